The highest BCUT2D eigenvalue weighted by molar-refractivity contribution is 5.76. The maximum Gasteiger partial charge on any atom is 0.317 e. The van der Waals surface area contributed by atoms with Crippen LogP contribution < -0.4 is 5.32 Å². The summed E-state index contributed by atoms with van der Waals surface area (Å²) in [5.41, 5.74) is 0. The number of hydrogen-bond acceptors (Lipinski definition) is 2. The molecule has 0 aromatic carbocycles. The SMILES string of the molecule is CCC(NC(=O)N(CCC(=O)O)C1CC1)C(C)C. The van der Waals surface area contributed by atoms with Crippen molar-refractivity contribution in [1.82, 2.24) is 10.2 Å². The quantitative estimate of drug-likeness (QED) is 0.732. The van der Waals surface area contributed by atoms with Gasteiger partial charge in [0.25, 0.3) is 0 Å². The lowest BCUT2D eigenvalue weighted by Crippen LogP contribution is -2.48. The second-order valence-electron chi connectivity index (χ2n) is 5.28. The van der Waals surface area contributed by atoms with Crippen molar-refractivity contribution in [1.29, 1.82) is 0 Å². The summed E-state index contributed by atoms with van der Waals surface area (Å²) < 4.78 is 0. The van der Waals surface area contributed by atoms with Crippen molar-refractivity contribution in [2.75, 3.05) is 6.54 Å². The third-order valence-electron chi connectivity index (χ3n) is 3.37. The lowest BCUT2D eigenvalue weighted by molar-refractivity contribution is -0.137. The number of carboxylic acid groups (broad SMARTS) is 1. The molecule has 1 saturated carbocycles. The normalized spacial score (nSPS) is 16.4. The first kappa shape index (κ1) is 14.8. The van der Waals surface area contributed by atoms with Crippen LogP contribution in [0.25, 0.3) is 0 Å². The number of rotatable bonds is 7. The van der Waals surface area contributed by atoms with Gasteiger partial charge in [-0.25, -0.2) is 4.79 Å². The van der Waals surface area contributed by atoms with E-state index in [2.05, 4.69) is 19.2 Å². The summed E-state index contributed by atoms with van der Waals surface area (Å²) in [6.45, 7) is 6.50. The second-order valence-corrected chi connectivity index (χ2v) is 5.28. The highest BCUT2D eigenvalue weighted by Crippen LogP contribution is 2.27. The predicted molar refractivity (Wildman–Crippen MR) is 69.4 cm³/mol. The molecule has 0 bridgehead atoms. The highest BCUT2D eigenvalue weighted by atomic mass is 16.4. The van der Waals surface area contributed by atoms with Crippen molar-refractivity contribution in [2.24, 2.45) is 5.92 Å². The van der Waals surface area contributed by atoms with Gasteiger partial charge < -0.3 is 15.3 Å². The average Bonchev–Trinajstić information content (AvgIpc) is 3.09. The first-order valence-electron chi connectivity index (χ1n) is 6.74. The van der Waals surface area contributed by atoms with Crippen LogP contribution in [-0.2, 0) is 4.79 Å². The van der Waals surface area contributed by atoms with Crippen LogP contribution in [-0.4, -0.2) is 40.6 Å². The molecule has 1 unspecified atom stereocenters. The van der Waals surface area contributed by atoms with Gasteiger partial charge in [-0.15, -0.1) is 0 Å². The molecule has 104 valence electrons. The molecule has 1 rings (SSSR count). The summed E-state index contributed by atoms with van der Waals surface area (Å²) in [5.74, 6) is -0.469. The van der Waals surface area contributed by atoms with Crippen LogP contribution in [0.3, 0.4) is 0 Å². The van der Waals surface area contributed by atoms with Crippen LogP contribution in [0, 0.1) is 5.92 Å². The fraction of sp³-hybridized carbons (Fsp3) is 0.846. The Morgan fingerprint density at radius 1 is 1.39 bits per heavy atom. The van der Waals surface area contributed by atoms with Gasteiger partial charge in [-0.05, 0) is 25.2 Å². The molecule has 2 amide bonds. The molecule has 18 heavy (non-hydrogen) atoms. The molecular formula is C13H24N2O3. The Labute approximate surface area is 109 Å². The summed E-state index contributed by atoms with van der Waals surface area (Å²) in [6, 6.07) is 0.289. The molecule has 1 aliphatic carbocycles. The van der Waals surface area contributed by atoms with Crippen molar-refractivity contribution in [3.63, 3.8) is 0 Å². The minimum absolute atomic E-state index is 0.0163. The van der Waals surface area contributed by atoms with Crippen LogP contribution in [0.4, 0.5) is 4.79 Å². The Hall–Kier alpha value is -1.26. The summed E-state index contributed by atoms with van der Waals surface area (Å²) in [4.78, 5) is 24.4. The molecule has 2 N–H and O–H groups in total. The van der Waals surface area contributed by atoms with E-state index >= 15 is 0 Å². The van der Waals surface area contributed by atoms with E-state index in [-0.39, 0.29) is 24.5 Å². The monoisotopic (exact) mass is 256 g/mol. The number of carbonyl (C=O) groups is 2. The van der Waals surface area contributed by atoms with Gasteiger partial charge in [0.05, 0.1) is 6.42 Å². The van der Waals surface area contributed by atoms with Crippen molar-refractivity contribution in [2.45, 2.75) is 58.5 Å². The number of nitrogens with zero attached hydrogens (tertiary/aromatic N) is 1. The average molecular weight is 256 g/mol. The first-order valence-corrected chi connectivity index (χ1v) is 6.74. The third kappa shape index (κ3) is 4.55. The lowest BCUT2D eigenvalue weighted by atomic mass is 10.0. The van der Waals surface area contributed by atoms with Gasteiger partial charge in [0.2, 0.25) is 0 Å². The number of urea groups is 1. The zero-order valence-electron chi connectivity index (χ0n) is 11.5. The molecule has 1 aliphatic rings. The van der Waals surface area contributed by atoms with E-state index in [1.807, 2.05) is 6.92 Å². The van der Waals surface area contributed by atoms with Gasteiger partial charge in [0.1, 0.15) is 0 Å². The molecule has 0 aliphatic heterocycles. The molecule has 0 aromatic rings. The van der Waals surface area contributed by atoms with E-state index in [0.29, 0.717) is 12.5 Å². The number of hydrogen-bond donors (Lipinski definition) is 2. The Bertz CT molecular complexity index is 301. The Balaban J connectivity index is 2.51. The summed E-state index contributed by atoms with van der Waals surface area (Å²) >= 11 is 0. The van der Waals surface area contributed by atoms with Gasteiger partial charge in [-0.3, -0.25) is 4.79 Å². The molecular weight excluding hydrogens is 232 g/mol. The molecule has 0 saturated heterocycles. The number of aliphatic carboxylic acids is 1. The van der Waals surface area contributed by atoms with Crippen LogP contribution in [0.15, 0.2) is 0 Å². The lowest BCUT2D eigenvalue weighted by Gasteiger charge is -2.27. The summed E-state index contributed by atoms with van der Waals surface area (Å²) in [7, 11) is 0. The van der Waals surface area contributed by atoms with Crippen LogP contribution in [0.5, 0.6) is 0 Å². The fourth-order valence-corrected chi connectivity index (χ4v) is 2.03. The van der Waals surface area contributed by atoms with E-state index in [1.165, 1.54) is 0 Å². The summed E-state index contributed by atoms with van der Waals surface area (Å²) in [6.07, 6.45) is 2.89. The molecule has 5 heteroatoms. The fourth-order valence-electron chi connectivity index (χ4n) is 2.03. The van der Waals surface area contributed by atoms with E-state index in [4.69, 9.17) is 5.11 Å². The zero-order chi connectivity index (χ0) is 13.7. The van der Waals surface area contributed by atoms with E-state index < -0.39 is 5.97 Å². The number of carboxylic acids is 1. The van der Waals surface area contributed by atoms with E-state index in [1.54, 1.807) is 4.90 Å². The minimum Gasteiger partial charge on any atom is -0.481 e. The van der Waals surface area contributed by atoms with Gasteiger partial charge in [0, 0.05) is 18.6 Å². The minimum atomic E-state index is -0.857. The molecule has 0 heterocycles. The number of carbonyl (C=O) groups excluding carboxylic acids is 1. The van der Waals surface area contributed by atoms with Crippen molar-refractivity contribution in [3.8, 4) is 0 Å². The standard InChI is InChI=1S/C13H24N2O3/c1-4-11(9(2)3)14-13(18)15(10-5-6-10)8-7-12(16)17/h9-11H,4-8H2,1-3H3,(H,14,18)(H,16,17). The number of amides is 2. The smallest absolute Gasteiger partial charge is 0.317 e. The first-order chi connectivity index (χ1) is 8.45. The molecule has 0 radical (unpaired) electrons. The van der Waals surface area contributed by atoms with Gasteiger partial charge in [-0.1, -0.05) is 20.8 Å². The van der Waals surface area contributed by atoms with E-state index in [9.17, 15) is 9.59 Å². The Kier molecular flexibility index (Phi) is 5.44. The predicted octanol–water partition coefficient (Wildman–Crippen LogP) is 2.07. The van der Waals surface area contributed by atoms with E-state index in [0.717, 1.165) is 19.3 Å². The Morgan fingerprint density at radius 2 is 2.00 bits per heavy atom. The maximum absolute atomic E-state index is 12.1. The van der Waals surface area contributed by atoms with Crippen molar-refractivity contribution >= 4 is 12.0 Å². The summed E-state index contributed by atoms with van der Waals surface area (Å²) in [5, 5.41) is 11.7. The Morgan fingerprint density at radius 3 is 2.39 bits per heavy atom. The van der Waals surface area contributed by atoms with Crippen LogP contribution in [0.1, 0.15) is 46.5 Å². The highest BCUT2D eigenvalue weighted by Gasteiger charge is 2.33. The van der Waals surface area contributed by atoms with Crippen LogP contribution in [0.2, 0.25) is 0 Å². The molecule has 1 atom stereocenters. The van der Waals surface area contributed by atoms with Gasteiger partial charge >= 0.3 is 12.0 Å². The van der Waals surface area contributed by atoms with Gasteiger partial charge in [0.15, 0.2) is 0 Å². The topological polar surface area (TPSA) is 69.6 Å². The molecule has 5 nitrogen and oxygen atoms in total. The molecule has 0 aromatic heterocycles. The largest absolute Gasteiger partial charge is 0.481 e. The third-order valence-corrected chi connectivity index (χ3v) is 3.37. The maximum atomic E-state index is 12.1. The van der Waals surface area contributed by atoms with Crippen molar-refractivity contribution < 1.29 is 14.7 Å². The molecule has 1 fully saturated rings. The van der Waals surface area contributed by atoms with Crippen molar-refractivity contribution in [3.05, 3.63) is 0 Å². The molecule has 0 spiro atoms. The van der Waals surface area contributed by atoms with Crippen LogP contribution >= 0.6 is 0 Å². The zero-order valence-corrected chi connectivity index (χ0v) is 11.5. The number of nitrogens with one attached hydrogen (secondary N) is 1. The van der Waals surface area contributed by atoms with Gasteiger partial charge in [-0.2, -0.15) is 0 Å². The second kappa shape index (κ2) is 6.61.